The molecule has 0 saturated carbocycles. The molecule has 1 N–H and O–H groups in total. The van der Waals surface area contributed by atoms with Crippen LogP contribution in [0.25, 0.3) is 0 Å². The van der Waals surface area contributed by atoms with Gasteiger partial charge in [0.1, 0.15) is 0 Å². The van der Waals surface area contributed by atoms with Gasteiger partial charge < -0.3 is 10.1 Å². The predicted octanol–water partition coefficient (Wildman–Crippen LogP) is 4.32. The van der Waals surface area contributed by atoms with Crippen molar-refractivity contribution in [1.82, 2.24) is 5.32 Å². The highest BCUT2D eigenvalue weighted by Gasteiger charge is 2.14. The molecule has 0 fully saturated rings. The first-order valence-corrected chi connectivity index (χ1v) is 7.56. The molecule has 1 atom stereocenters. The maximum absolute atomic E-state index is 5.20. The minimum Gasteiger partial charge on any atom is -0.380 e. The summed E-state index contributed by atoms with van der Waals surface area (Å²) >= 11 is 0. The minimum atomic E-state index is 0.372. The van der Waals surface area contributed by atoms with Gasteiger partial charge in [0.05, 0.1) is 6.61 Å². The molecule has 0 aromatic heterocycles. The molecule has 0 bridgehead atoms. The molecular weight excluding hydrogens is 258 g/mol. The van der Waals surface area contributed by atoms with Crippen LogP contribution in [0.15, 0.2) is 54.6 Å². The Bertz CT molecular complexity index is 536. The van der Waals surface area contributed by atoms with Gasteiger partial charge in [0.15, 0.2) is 0 Å². The summed E-state index contributed by atoms with van der Waals surface area (Å²) in [6.45, 7) is 6.05. The number of ether oxygens (including phenoxy) is 1. The van der Waals surface area contributed by atoms with E-state index in [0.717, 1.165) is 6.54 Å². The molecule has 21 heavy (non-hydrogen) atoms. The van der Waals surface area contributed by atoms with E-state index in [1.807, 2.05) is 0 Å². The van der Waals surface area contributed by atoms with Crippen molar-refractivity contribution >= 4 is 0 Å². The molecule has 0 aliphatic rings. The first-order chi connectivity index (χ1) is 10.2. The molecule has 2 heteroatoms. The van der Waals surface area contributed by atoms with E-state index in [1.165, 1.54) is 16.7 Å². The quantitative estimate of drug-likeness (QED) is 0.817. The van der Waals surface area contributed by atoms with Gasteiger partial charge in [0.2, 0.25) is 0 Å². The van der Waals surface area contributed by atoms with Crippen molar-refractivity contribution in [3.8, 4) is 0 Å². The summed E-state index contributed by atoms with van der Waals surface area (Å²) in [6, 6.07) is 19.6. The van der Waals surface area contributed by atoms with E-state index in [-0.39, 0.29) is 0 Å². The van der Waals surface area contributed by atoms with Crippen LogP contribution in [0.4, 0.5) is 0 Å². The smallest absolute Gasteiger partial charge is 0.0713 e. The zero-order valence-corrected chi connectivity index (χ0v) is 13.2. The van der Waals surface area contributed by atoms with Gasteiger partial charge in [-0.3, -0.25) is 0 Å². The lowest BCUT2D eigenvalue weighted by atomic mass is 9.96. The number of hydrogen-bond donors (Lipinski definition) is 1. The first-order valence-electron chi connectivity index (χ1n) is 7.56. The molecule has 0 aliphatic heterocycles. The Morgan fingerprint density at radius 2 is 1.67 bits per heavy atom. The first kappa shape index (κ1) is 15.7. The van der Waals surface area contributed by atoms with Gasteiger partial charge in [-0.25, -0.2) is 0 Å². The molecule has 0 saturated heterocycles. The maximum atomic E-state index is 5.20. The van der Waals surface area contributed by atoms with Crippen LogP contribution in [-0.2, 0) is 17.9 Å². The van der Waals surface area contributed by atoms with E-state index >= 15 is 0 Å². The van der Waals surface area contributed by atoms with Crippen molar-refractivity contribution in [3.05, 3.63) is 71.3 Å². The van der Waals surface area contributed by atoms with E-state index in [0.29, 0.717) is 18.6 Å². The van der Waals surface area contributed by atoms with Crippen LogP contribution < -0.4 is 5.32 Å². The van der Waals surface area contributed by atoms with E-state index in [9.17, 15) is 0 Å². The van der Waals surface area contributed by atoms with Crippen LogP contribution in [0.3, 0.4) is 0 Å². The second kappa shape index (κ2) is 7.96. The van der Waals surface area contributed by atoms with Gasteiger partial charge in [-0.05, 0) is 22.6 Å². The van der Waals surface area contributed by atoms with Crippen molar-refractivity contribution in [3.63, 3.8) is 0 Å². The summed E-state index contributed by atoms with van der Waals surface area (Å²) in [4.78, 5) is 0. The molecule has 0 heterocycles. The molecule has 2 aromatic rings. The highest BCUT2D eigenvalue weighted by molar-refractivity contribution is 5.24. The second-order valence-corrected chi connectivity index (χ2v) is 5.77. The van der Waals surface area contributed by atoms with Gasteiger partial charge in [-0.15, -0.1) is 0 Å². The molecule has 0 aliphatic carbocycles. The molecular formula is C19H25NO. The fourth-order valence-corrected chi connectivity index (χ4v) is 2.62. The van der Waals surface area contributed by atoms with Crippen LogP contribution >= 0.6 is 0 Å². The van der Waals surface area contributed by atoms with Gasteiger partial charge in [0, 0.05) is 19.7 Å². The van der Waals surface area contributed by atoms with Crippen LogP contribution in [0.2, 0.25) is 0 Å². The lowest BCUT2D eigenvalue weighted by Crippen LogP contribution is -2.25. The Hall–Kier alpha value is -1.64. The van der Waals surface area contributed by atoms with Crippen molar-refractivity contribution in [2.75, 3.05) is 7.11 Å². The summed E-state index contributed by atoms with van der Waals surface area (Å²) < 4.78 is 5.20. The van der Waals surface area contributed by atoms with E-state index < -0.39 is 0 Å². The minimum absolute atomic E-state index is 0.372. The number of rotatable bonds is 7. The summed E-state index contributed by atoms with van der Waals surface area (Å²) in [5.41, 5.74) is 3.87. The number of hydrogen-bond acceptors (Lipinski definition) is 2. The average molecular weight is 283 g/mol. The number of benzene rings is 2. The Morgan fingerprint density at radius 3 is 2.33 bits per heavy atom. The largest absolute Gasteiger partial charge is 0.380 e. The van der Waals surface area contributed by atoms with E-state index in [4.69, 9.17) is 4.74 Å². The van der Waals surface area contributed by atoms with Gasteiger partial charge in [0.25, 0.3) is 0 Å². The molecule has 2 rings (SSSR count). The Labute approximate surface area is 128 Å². The van der Waals surface area contributed by atoms with Crippen molar-refractivity contribution in [2.24, 2.45) is 5.92 Å². The molecule has 1 unspecified atom stereocenters. The lowest BCUT2D eigenvalue weighted by molar-refractivity contribution is 0.185. The summed E-state index contributed by atoms with van der Waals surface area (Å²) in [7, 11) is 1.73. The number of methoxy groups -OCH3 is 1. The SMILES string of the molecule is COCc1cccc(CNC(c2ccccc2)C(C)C)c1. The molecule has 0 radical (unpaired) electrons. The van der Waals surface area contributed by atoms with E-state index in [2.05, 4.69) is 73.8 Å². The topological polar surface area (TPSA) is 21.3 Å². The fraction of sp³-hybridized carbons (Fsp3) is 0.368. The average Bonchev–Trinajstić information content (AvgIpc) is 2.49. The fourth-order valence-electron chi connectivity index (χ4n) is 2.62. The molecule has 2 nitrogen and oxygen atoms in total. The number of nitrogens with one attached hydrogen (secondary N) is 1. The Morgan fingerprint density at radius 1 is 0.952 bits per heavy atom. The molecule has 0 spiro atoms. The van der Waals surface area contributed by atoms with E-state index in [1.54, 1.807) is 7.11 Å². The van der Waals surface area contributed by atoms with Crippen LogP contribution in [0, 0.1) is 5.92 Å². The van der Waals surface area contributed by atoms with Crippen LogP contribution in [0.1, 0.15) is 36.6 Å². The third kappa shape index (κ3) is 4.69. The molecule has 112 valence electrons. The normalized spacial score (nSPS) is 12.6. The monoisotopic (exact) mass is 283 g/mol. The van der Waals surface area contributed by atoms with Crippen molar-refractivity contribution < 1.29 is 4.74 Å². The van der Waals surface area contributed by atoms with Crippen molar-refractivity contribution in [2.45, 2.75) is 33.0 Å². The molecule has 0 amide bonds. The van der Waals surface area contributed by atoms with Gasteiger partial charge >= 0.3 is 0 Å². The summed E-state index contributed by atoms with van der Waals surface area (Å²) in [5.74, 6) is 0.551. The maximum Gasteiger partial charge on any atom is 0.0713 e. The lowest BCUT2D eigenvalue weighted by Gasteiger charge is -2.23. The highest BCUT2D eigenvalue weighted by Crippen LogP contribution is 2.22. The van der Waals surface area contributed by atoms with Gasteiger partial charge in [-0.2, -0.15) is 0 Å². The third-order valence-electron chi connectivity index (χ3n) is 3.65. The molecule has 2 aromatic carbocycles. The van der Waals surface area contributed by atoms with Crippen LogP contribution in [0.5, 0.6) is 0 Å². The predicted molar refractivity (Wildman–Crippen MR) is 88.0 cm³/mol. The Kier molecular flexibility index (Phi) is 5.97. The second-order valence-electron chi connectivity index (χ2n) is 5.77. The third-order valence-corrected chi connectivity index (χ3v) is 3.65. The zero-order chi connectivity index (χ0) is 15.1. The van der Waals surface area contributed by atoms with Gasteiger partial charge in [-0.1, -0.05) is 68.4 Å². The highest BCUT2D eigenvalue weighted by atomic mass is 16.5. The summed E-state index contributed by atoms with van der Waals surface area (Å²) in [6.07, 6.45) is 0. The van der Waals surface area contributed by atoms with Crippen LogP contribution in [-0.4, -0.2) is 7.11 Å². The standard InChI is InChI=1S/C19H25NO/c1-15(2)19(18-10-5-4-6-11-18)20-13-16-8-7-9-17(12-16)14-21-3/h4-12,15,19-20H,13-14H2,1-3H3. The zero-order valence-electron chi connectivity index (χ0n) is 13.2. The summed E-state index contributed by atoms with van der Waals surface area (Å²) in [5, 5.41) is 3.68. The Balaban J connectivity index is 2.04. The van der Waals surface area contributed by atoms with Crippen molar-refractivity contribution in [1.29, 1.82) is 0 Å².